The maximum atomic E-state index is 11.5. The van der Waals surface area contributed by atoms with Crippen molar-refractivity contribution in [3.05, 3.63) is 0 Å². The number of alkyl halides is 1. The first-order chi connectivity index (χ1) is 5.67. The van der Waals surface area contributed by atoms with Gasteiger partial charge in [-0.2, -0.15) is 0 Å². The van der Waals surface area contributed by atoms with Crippen molar-refractivity contribution in [2.24, 2.45) is 0 Å². The molecule has 0 rings (SSSR count). The van der Waals surface area contributed by atoms with Crippen molar-refractivity contribution in [1.29, 1.82) is 0 Å². The Morgan fingerprint density at radius 1 is 1.33 bits per heavy atom. The highest BCUT2D eigenvalue weighted by atomic mass is 35.5. The summed E-state index contributed by atoms with van der Waals surface area (Å²) < 4.78 is 0. The van der Waals surface area contributed by atoms with E-state index < -0.39 is 0 Å². The van der Waals surface area contributed by atoms with Gasteiger partial charge in [-0.3, -0.25) is 0 Å². The summed E-state index contributed by atoms with van der Waals surface area (Å²) in [6.45, 7) is 6.05. The standard InChI is InChI=1S/C8H17ClN2O/c1-4-11(5-2)8(12)10(3)7-6-9/h4-7H2,1-3H3. The summed E-state index contributed by atoms with van der Waals surface area (Å²) in [5, 5.41) is 0. The molecule has 0 fully saturated rings. The number of hydrogen-bond donors (Lipinski definition) is 0. The van der Waals surface area contributed by atoms with Crippen molar-refractivity contribution in [2.75, 3.05) is 32.6 Å². The van der Waals surface area contributed by atoms with E-state index in [9.17, 15) is 4.79 Å². The Bertz CT molecular complexity index is 137. The topological polar surface area (TPSA) is 23.6 Å². The molecular weight excluding hydrogens is 176 g/mol. The Hall–Kier alpha value is -0.440. The molecule has 0 unspecified atom stereocenters. The third-order valence-corrected chi connectivity index (χ3v) is 1.95. The normalized spacial score (nSPS) is 9.67. The molecule has 0 aromatic carbocycles. The van der Waals surface area contributed by atoms with Crippen LogP contribution in [0.3, 0.4) is 0 Å². The quantitative estimate of drug-likeness (QED) is 0.621. The summed E-state index contributed by atoms with van der Waals surface area (Å²) >= 11 is 5.52. The van der Waals surface area contributed by atoms with Crippen molar-refractivity contribution in [3.63, 3.8) is 0 Å². The number of carbonyl (C=O) groups is 1. The predicted molar refractivity (Wildman–Crippen MR) is 51.7 cm³/mol. The number of rotatable bonds is 4. The van der Waals surface area contributed by atoms with Crippen LogP contribution in [0.25, 0.3) is 0 Å². The summed E-state index contributed by atoms with van der Waals surface area (Å²) in [6, 6.07) is 0.0562. The second kappa shape index (κ2) is 6.12. The third kappa shape index (κ3) is 3.30. The van der Waals surface area contributed by atoms with E-state index in [4.69, 9.17) is 11.6 Å². The van der Waals surface area contributed by atoms with Crippen LogP contribution in [-0.4, -0.2) is 48.4 Å². The Balaban J connectivity index is 3.97. The summed E-state index contributed by atoms with van der Waals surface area (Å²) in [4.78, 5) is 14.9. The van der Waals surface area contributed by atoms with Gasteiger partial charge in [-0.05, 0) is 13.8 Å². The van der Waals surface area contributed by atoms with Crippen molar-refractivity contribution < 1.29 is 4.79 Å². The second-order valence-electron chi connectivity index (χ2n) is 2.57. The lowest BCUT2D eigenvalue weighted by atomic mass is 10.5. The van der Waals surface area contributed by atoms with E-state index in [2.05, 4.69) is 0 Å². The third-order valence-electron chi connectivity index (χ3n) is 1.78. The van der Waals surface area contributed by atoms with E-state index in [0.29, 0.717) is 12.4 Å². The lowest BCUT2D eigenvalue weighted by Gasteiger charge is -2.25. The van der Waals surface area contributed by atoms with E-state index in [1.807, 2.05) is 13.8 Å². The van der Waals surface area contributed by atoms with Crippen LogP contribution in [0.4, 0.5) is 4.79 Å². The maximum Gasteiger partial charge on any atom is 0.319 e. The summed E-state index contributed by atoms with van der Waals surface area (Å²) in [6.07, 6.45) is 0. The first kappa shape index (κ1) is 11.6. The van der Waals surface area contributed by atoms with Gasteiger partial charge in [0.25, 0.3) is 0 Å². The Morgan fingerprint density at radius 2 is 1.83 bits per heavy atom. The molecule has 72 valence electrons. The first-order valence-electron chi connectivity index (χ1n) is 4.23. The molecule has 0 radical (unpaired) electrons. The number of urea groups is 1. The molecule has 0 aliphatic rings. The van der Waals surface area contributed by atoms with E-state index in [-0.39, 0.29) is 6.03 Å². The zero-order valence-electron chi connectivity index (χ0n) is 8.01. The second-order valence-corrected chi connectivity index (χ2v) is 2.94. The van der Waals surface area contributed by atoms with E-state index in [1.54, 1.807) is 16.8 Å². The lowest BCUT2D eigenvalue weighted by Crippen LogP contribution is -2.41. The van der Waals surface area contributed by atoms with Crippen LogP contribution in [0.5, 0.6) is 0 Å². The fourth-order valence-corrected chi connectivity index (χ4v) is 1.21. The lowest BCUT2D eigenvalue weighted by molar-refractivity contribution is 0.170. The van der Waals surface area contributed by atoms with Crippen LogP contribution in [-0.2, 0) is 0 Å². The molecule has 0 aliphatic heterocycles. The molecule has 0 saturated carbocycles. The van der Waals surface area contributed by atoms with Gasteiger partial charge >= 0.3 is 6.03 Å². The number of carbonyl (C=O) groups excluding carboxylic acids is 1. The fourth-order valence-electron chi connectivity index (χ4n) is 0.958. The molecule has 2 amide bonds. The van der Waals surface area contributed by atoms with Gasteiger partial charge in [-0.1, -0.05) is 0 Å². The zero-order valence-corrected chi connectivity index (χ0v) is 8.76. The number of hydrogen-bond acceptors (Lipinski definition) is 1. The molecule has 3 nitrogen and oxygen atoms in total. The predicted octanol–water partition coefficient (Wildman–Crippen LogP) is 1.62. The first-order valence-corrected chi connectivity index (χ1v) is 4.76. The molecule has 4 heteroatoms. The van der Waals surface area contributed by atoms with Gasteiger partial charge in [0.15, 0.2) is 0 Å². The molecule has 0 saturated heterocycles. The molecule has 0 aromatic heterocycles. The summed E-state index contributed by atoms with van der Waals surface area (Å²) in [5.74, 6) is 0.490. The van der Waals surface area contributed by atoms with Crippen molar-refractivity contribution in [1.82, 2.24) is 9.80 Å². The van der Waals surface area contributed by atoms with Crippen molar-refractivity contribution in [3.8, 4) is 0 Å². The average molecular weight is 193 g/mol. The largest absolute Gasteiger partial charge is 0.327 e. The molecule has 0 bridgehead atoms. The van der Waals surface area contributed by atoms with Gasteiger partial charge in [0.1, 0.15) is 0 Å². The minimum atomic E-state index is 0.0562. The van der Waals surface area contributed by atoms with Gasteiger partial charge in [-0.25, -0.2) is 4.79 Å². The van der Waals surface area contributed by atoms with E-state index in [0.717, 1.165) is 13.1 Å². The Labute approximate surface area is 79.3 Å². The zero-order chi connectivity index (χ0) is 9.56. The minimum Gasteiger partial charge on any atom is -0.327 e. The van der Waals surface area contributed by atoms with Gasteiger partial charge < -0.3 is 9.80 Å². The van der Waals surface area contributed by atoms with Crippen LogP contribution >= 0.6 is 11.6 Å². The van der Waals surface area contributed by atoms with Crippen molar-refractivity contribution >= 4 is 17.6 Å². The van der Waals surface area contributed by atoms with E-state index >= 15 is 0 Å². The minimum absolute atomic E-state index is 0.0562. The van der Waals surface area contributed by atoms with Crippen LogP contribution in [0.2, 0.25) is 0 Å². The van der Waals surface area contributed by atoms with Crippen LogP contribution in [0.1, 0.15) is 13.8 Å². The molecule has 0 heterocycles. The molecule has 0 N–H and O–H groups in total. The summed E-state index contributed by atoms with van der Waals surface area (Å²) in [7, 11) is 1.77. The Kier molecular flexibility index (Phi) is 5.89. The molecule has 0 atom stereocenters. The highest BCUT2D eigenvalue weighted by Gasteiger charge is 2.13. The van der Waals surface area contributed by atoms with Gasteiger partial charge in [0, 0.05) is 32.6 Å². The molecular formula is C8H17ClN2O. The Morgan fingerprint density at radius 3 is 2.17 bits per heavy atom. The molecule has 0 aromatic rings. The average Bonchev–Trinajstić information content (AvgIpc) is 2.07. The van der Waals surface area contributed by atoms with Crippen LogP contribution < -0.4 is 0 Å². The van der Waals surface area contributed by atoms with Gasteiger partial charge in [0.2, 0.25) is 0 Å². The number of amides is 2. The van der Waals surface area contributed by atoms with Crippen molar-refractivity contribution in [2.45, 2.75) is 13.8 Å². The number of nitrogens with zero attached hydrogens (tertiary/aromatic N) is 2. The smallest absolute Gasteiger partial charge is 0.319 e. The molecule has 0 aliphatic carbocycles. The number of halogens is 1. The maximum absolute atomic E-state index is 11.5. The molecule has 0 spiro atoms. The van der Waals surface area contributed by atoms with Gasteiger partial charge in [-0.15, -0.1) is 11.6 Å². The highest BCUT2D eigenvalue weighted by Crippen LogP contribution is 1.96. The van der Waals surface area contributed by atoms with Crippen LogP contribution in [0.15, 0.2) is 0 Å². The van der Waals surface area contributed by atoms with E-state index in [1.165, 1.54) is 0 Å². The SMILES string of the molecule is CCN(CC)C(=O)N(C)CCCl. The van der Waals surface area contributed by atoms with Gasteiger partial charge in [0.05, 0.1) is 0 Å². The monoisotopic (exact) mass is 192 g/mol. The molecule has 12 heavy (non-hydrogen) atoms. The van der Waals surface area contributed by atoms with Crippen LogP contribution in [0, 0.1) is 0 Å². The highest BCUT2D eigenvalue weighted by molar-refractivity contribution is 6.18. The fraction of sp³-hybridized carbons (Fsp3) is 0.875. The summed E-state index contributed by atoms with van der Waals surface area (Å²) in [5.41, 5.74) is 0.